The molecule has 0 heterocycles. The number of aliphatic carboxylic acids is 2. The van der Waals surface area contributed by atoms with Crippen LogP contribution in [0.2, 0.25) is 0 Å². The van der Waals surface area contributed by atoms with E-state index in [2.05, 4.69) is 13.8 Å². The highest BCUT2D eigenvalue weighted by atomic mass is 16.4. The number of carboxylic acid groups (broad SMARTS) is 2. The summed E-state index contributed by atoms with van der Waals surface area (Å²) >= 11 is 0. The molecule has 0 amide bonds. The van der Waals surface area contributed by atoms with Gasteiger partial charge in [-0.05, 0) is 6.42 Å². The van der Waals surface area contributed by atoms with Gasteiger partial charge in [-0.25, -0.2) is 0 Å². The van der Waals surface area contributed by atoms with Gasteiger partial charge in [-0.1, -0.05) is 26.7 Å². The van der Waals surface area contributed by atoms with Crippen molar-refractivity contribution < 1.29 is 19.8 Å². The summed E-state index contributed by atoms with van der Waals surface area (Å²) in [5.41, 5.74) is 5.00. The highest BCUT2D eigenvalue weighted by molar-refractivity contribution is 5.74. The van der Waals surface area contributed by atoms with E-state index in [1.54, 1.807) is 0 Å². The first-order valence-electron chi connectivity index (χ1n) is 4.65. The van der Waals surface area contributed by atoms with E-state index in [9.17, 15) is 9.59 Å². The number of carboxylic acids is 2. The van der Waals surface area contributed by atoms with Crippen LogP contribution in [0.4, 0.5) is 0 Å². The van der Waals surface area contributed by atoms with Crippen LogP contribution in [0.25, 0.3) is 0 Å². The average Bonchev–Trinajstić information content (AvgIpc) is 2.14. The van der Waals surface area contributed by atoms with E-state index in [1.165, 1.54) is 12.8 Å². The standard InChI is InChI=1S/C5H9NO4.C4H10/c6-3(5(9)10)1-2-4(7)8;1-3-4-2/h3H,1-2,6H2,(H,7,8)(H,9,10);3-4H2,1-2H3/t3-;/m0./s1. The van der Waals surface area contributed by atoms with Crippen LogP contribution in [0.3, 0.4) is 0 Å². The van der Waals surface area contributed by atoms with Gasteiger partial charge in [0.05, 0.1) is 0 Å². The van der Waals surface area contributed by atoms with Crippen LogP contribution >= 0.6 is 0 Å². The molecule has 0 aromatic heterocycles. The van der Waals surface area contributed by atoms with Gasteiger partial charge in [-0.2, -0.15) is 0 Å². The topological polar surface area (TPSA) is 101 Å². The van der Waals surface area contributed by atoms with Crippen LogP contribution in [-0.2, 0) is 9.59 Å². The molecule has 0 bridgehead atoms. The summed E-state index contributed by atoms with van der Waals surface area (Å²) in [7, 11) is 0. The summed E-state index contributed by atoms with van der Waals surface area (Å²) in [6.45, 7) is 4.36. The molecule has 14 heavy (non-hydrogen) atoms. The lowest BCUT2D eigenvalue weighted by atomic mass is 10.2. The molecule has 0 spiro atoms. The van der Waals surface area contributed by atoms with E-state index >= 15 is 0 Å². The van der Waals surface area contributed by atoms with Crippen LogP contribution in [0, 0.1) is 0 Å². The fraction of sp³-hybridized carbons (Fsp3) is 0.778. The van der Waals surface area contributed by atoms with E-state index in [0.717, 1.165) is 0 Å². The van der Waals surface area contributed by atoms with Crippen molar-refractivity contribution >= 4 is 11.9 Å². The fourth-order valence-corrected chi connectivity index (χ4v) is 0.402. The van der Waals surface area contributed by atoms with Gasteiger partial charge in [-0.3, -0.25) is 9.59 Å². The molecule has 5 heteroatoms. The Hall–Kier alpha value is -1.10. The van der Waals surface area contributed by atoms with Crippen LogP contribution in [-0.4, -0.2) is 28.2 Å². The molecule has 0 aromatic rings. The maximum atomic E-state index is 9.99. The third-order valence-corrected chi connectivity index (χ3v) is 1.49. The van der Waals surface area contributed by atoms with Gasteiger partial charge in [0.1, 0.15) is 6.04 Å². The molecule has 4 N–H and O–H groups in total. The highest BCUT2D eigenvalue weighted by Gasteiger charge is 2.12. The Morgan fingerprint density at radius 2 is 1.64 bits per heavy atom. The van der Waals surface area contributed by atoms with Gasteiger partial charge >= 0.3 is 11.9 Å². The molecular formula is C9H19NO4. The Morgan fingerprint density at radius 3 is 1.86 bits per heavy atom. The summed E-state index contributed by atoms with van der Waals surface area (Å²) in [5, 5.41) is 16.3. The fourth-order valence-electron chi connectivity index (χ4n) is 0.402. The molecule has 0 fully saturated rings. The van der Waals surface area contributed by atoms with Crippen molar-refractivity contribution in [2.24, 2.45) is 5.73 Å². The normalized spacial score (nSPS) is 11.1. The predicted molar refractivity (Wildman–Crippen MR) is 53.1 cm³/mol. The van der Waals surface area contributed by atoms with Crippen molar-refractivity contribution in [1.29, 1.82) is 0 Å². The van der Waals surface area contributed by atoms with Crippen LogP contribution in [0.15, 0.2) is 0 Å². The third-order valence-electron chi connectivity index (χ3n) is 1.49. The Kier molecular flexibility index (Phi) is 11.0. The third kappa shape index (κ3) is 13.5. The molecule has 0 saturated heterocycles. The summed E-state index contributed by atoms with van der Waals surface area (Å²) in [6, 6.07) is -1.06. The summed E-state index contributed by atoms with van der Waals surface area (Å²) in [4.78, 5) is 19.9. The Labute approximate surface area is 83.9 Å². The molecule has 84 valence electrons. The summed E-state index contributed by atoms with van der Waals surface area (Å²) in [6.07, 6.45) is 2.41. The zero-order chi connectivity index (χ0) is 11.6. The molecule has 0 unspecified atom stereocenters. The molecule has 0 rings (SSSR count). The highest BCUT2D eigenvalue weighted by Crippen LogP contribution is 1.93. The molecule has 0 aliphatic rings. The van der Waals surface area contributed by atoms with E-state index in [0.29, 0.717) is 0 Å². The molecular weight excluding hydrogens is 186 g/mol. The minimum atomic E-state index is -1.17. The second-order valence-corrected chi connectivity index (χ2v) is 2.88. The maximum absolute atomic E-state index is 9.99. The van der Waals surface area contributed by atoms with E-state index in [1.807, 2.05) is 0 Å². The number of rotatable bonds is 5. The van der Waals surface area contributed by atoms with Crippen molar-refractivity contribution in [1.82, 2.24) is 0 Å². The lowest BCUT2D eigenvalue weighted by Gasteiger charge is -2.01. The molecule has 0 radical (unpaired) electrons. The molecule has 0 aliphatic carbocycles. The van der Waals surface area contributed by atoms with Gasteiger partial charge < -0.3 is 15.9 Å². The number of hydrogen-bond acceptors (Lipinski definition) is 3. The van der Waals surface area contributed by atoms with Crippen molar-refractivity contribution in [3.8, 4) is 0 Å². The van der Waals surface area contributed by atoms with Crippen LogP contribution in [0.5, 0.6) is 0 Å². The summed E-state index contributed by atoms with van der Waals surface area (Å²) < 4.78 is 0. The number of nitrogens with two attached hydrogens (primary N) is 1. The number of carbonyl (C=O) groups is 2. The first-order chi connectivity index (χ1) is 6.45. The Bertz CT molecular complexity index is 168. The van der Waals surface area contributed by atoms with Gasteiger partial charge in [0.25, 0.3) is 0 Å². The van der Waals surface area contributed by atoms with Gasteiger partial charge in [-0.15, -0.1) is 0 Å². The molecule has 0 saturated carbocycles. The zero-order valence-corrected chi connectivity index (χ0v) is 8.69. The smallest absolute Gasteiger partial charge is 0.320 e. The maximum Gasteiger partial charge on any atom is 0.320 e. The lowest BCUT2D eigenvalue weighted by Crippen LogP contribution is -2.30. The second kappa shape index (κ2) is 9.98. The Balaban J connectivity index is 0. The first kappa shape index (κ1) is 15.4. The number of unbranched alkanes of at least 4 members (excludes halogenated alkanes) is 1. The zero-order valence-electron chi connectivity index (χ0n) is 8.69. The van der Waals surface area contributed by atoms with Crippen molar-refractivity contribution in [3.63, 3.8) is 0 Å². The molecule has 5 nitrogen and oxygen atoms in total. The van der Waals surface area contributed by atoms with Crippen LogP contribution in [0.1, 0.15) is 39.5 Å². The van der Waals surface area contributed by atoms with E-state index < -0.39 is 18.0 Å². The quantitative estimate of drug-likeness (QED) is 0.623. The van der Waals surface area contributed by atoms with E-state index in [-0.39, 0.29) is 12.8 Å². The van der Waals surface area contributed by atoms with Gasteiger partial charge in [0.15, 0.2) is 0 Å². The van der Waals surface area contributed by atoms with Crippen molar-refractivity contribution in [3.05, 3.63) is 0 Å². The first-order valence-corrected chi connectivity index (χ1v) is 4.65. The lowest BCUT2D eigenvalue weighted by molar-refractivity contribution is -0.139. The largest absolute Gasteiger partial charge is 0.481 e. The van der Waals surface area contributed by atoms with Gasteiger partial charge in [0, 0.05) is 6.42 Å². The van der Waals surface area contributed by atoms with Gasteiger partial charge in [0.2, 0.25) is 0 Å². The average molecular weight is 205 g/mol. The number of hydrogen-bond donors (Lipinski definition) is 3. The SMILES string of the molecule is CCCC.N[C@@H](CCC(=O)O)C(=O)O. The van der Waals surface area contributed by atoms with E-state index in [4.69, 9.17) is 15.9 Å². The summed E-state index contributed by atoms with van der Waals surface area (Å²) in [5.74, 6) is -2.20. The minimum Gasteiger partial charge on any atom is -0.481 e. The van der Waals surface area contributed by atoms with Crippen molar-refractivity contribution in [2.75, 3.05) is 0 Å². The molecule has 0 aliphatic heterocycles. The predicted octanol–water partition coefficient (Wildman–Crippen LogP) is 1.07. The minimum absolute atomic E-state index is 0.0231. The van der Waals surface area contributed by atoms with Crippen molar-refractivity contribution in [2.45, 2.75) is 45.6 Å². The monoisotopic (exact) mass is 205 g/mol. The molecule has 1 atom stereocenters. The molecule has 0 aromatic carbocycles. The Morgan fingerprint density at radius 1 is 1.21 bits per heavy atom. The van der Waals surface area contributed by atoms with Crippen LogP contribution < -0.4 is 5.73 Å². The second-order valence-electron chi connectivity index (χ2n) is 2.88.